The number of benzene rings is 1. The van der Waals surface area contributed by atoms with E-state index in [1.165, 1.54) is 16.9 Å². The molecule has 1 aromatic heterocycles. The van der Waals surface area contributed by atoms with E-state index in [4.69, 9.17) is 0 Å². The molecule has 1 heterocycles. The zero-order valence-corrected chi connectivity index (χ0v) is 12.1. The van der Waals surface area contributed by atoms with Crippen molar-refractivity contribution in [3.05, 3.63) is 58.3 Å². The zero-order chi connectivity index (χ0) is 14.2. The largest absolute Gasteiger partial charge is 0.388 e. The van der Waals surface area contributed by atoms with E-state index in [-0.39, 0.29) is 5.91 Å². The molecular weight excluding hydrogens is 270 g/mol. The number of rotatable bonds is 7. The third-order valence-corrected chi connectivity index (χ3v) is 4.07. The van der Waals surface area contributed by atoms with Crippen molar-refractivity contribution in [2.24, 2.45) is 0 Å². The van der Waals surface area contributed by atoms with Gasteiger partial charge in [-0.1, -0.05) is 36.4 Å². The van der Waals surface area contributed by atoms with Gasteiger partial charge in [0.15, 0.2) is 0 Å². The molecule has 2 rings (SSSR count). The molecule has 0 spiro atoms. The van der Waals surface area contributed by atoms with Crippen LogP contribution in [0.4, 0.5) is 0 Å². The van der Waals surface area contributed by atoms with Crippen molar-refractivity contribution in [1.29, 1.82) is 0 Å². The summed E-state index contributed by atoms with van der Waals surface area (Å²) in [5.74, 6) is 0.0345. The quantitative estimate of drug-likeness (QED) is 0.823. The number of hydrogen-bond acceptors (Lipinski definition) is 3. The molecule has 0 bridgehead atoms. The smallest absolute Gasteiger partial charge is 0.220 e. The summed E-state index contributed by atoms with van der Waals surface area (Å²) in [4.78, 5) is 12.6. The maximum Gasteiger partial charge on any atom is 0.220 e. The van der Waals surface area contributed by atoms with Gasteiger partial charge in [0, 0.05) is 17.8 Å². The number of carbonyl (C=O) groups excluding carboxylic acids is 1. The molecular formula is C16H19NO2S. The standard InChI is InChI=1S/C16H19NO2S/c18-14(15-7-4-12-20-15)10-11-17-16(19)9-8-13-5-2-1-3-6-13/h1-7,12,14,18H,8-11H2,(H,17,19). The molecule has 4 heteroatoms. The molecule has 1 atom stereocenters. The van der Waals surface area contributed by atoms with Gasteiger partial charge >= 0.3 is 0 Å². The van der Waals surface area contributed by atoms with Crippen LogP contribution in [0.15, 0.2) is 47.8 Å². The van der Waals surface area contributed by atoms with Crippen LogP contribution in [0.1, 0.15) is 29.4 Å². The molecule has 0 radical (unpaired) electrons. The van der Waals surface area contributed by atoms with Gasteiger partial charge in [0.05, 0.1) is 6.10 Å². The first-order chi connectivity index (χ1) is 9.75. The topological polar surface area (TPSA) is 49.3 Å². The van der Waals surface area contributed by atoms with Crippen molar-refractivity contribution in [3.8, 4) is 0 Å². The molecule has 1 amide bonds. The van der Waals surface area contributed by atoms with E-state index in [2.05, 4.69) is 5.32 Å². The first kappa shape index (κ1) is 14.8. The molecule has 20 heavy (non-hydrogen) atoms. The summed E-state index contributed by atoms with van der Waals surface area (Å²) in [5, 5.41) is 14.7. The van der Waals surface area contributed by atoms with Crippen molar-refractivity contribution in [2.45, 2.75) is 25.4 Å². The van der Waals surface area contributed by atoms with Gasteiger partial charge in [0.2, 0.25) is 5.91 Å². The second-order valence-corrected chi connectivity index (χ2v) is 5.63. The second-order valence-electron chi connectivity index (χ2n) is 4.66. The van der Waals surface area contributed by atoms with Crippen molar-refractivity contribution >= 4 is 17.2 Å². The highest BCUT2D eigenvalue weighted by Crippen LogP contribution is 2.20. The second kappa shape index (κ2) is 7.82. The highest BCUT2D eigenvalue weighted by molar-refractivity contribution is 7.10. The zero-order valence-electron chi connectivity index (χ0n) is 11.3. The maximum atomic E-state index is 11.7. The molecule has 0 aliphatic heterocycles. The van der Waals surface area contributed by atoms with Gasteiger partial charge in [-0.2, -0.15) is 0 Å². The van der Waals surface area contributed by atoms with Crippen LogP contribution in [0, 0.1) is 0 Å². The third kappa shape index (κ3) is 4.79. The summed E-state index contributed by atoms with van der Waals surface area (Å²) in [6.07, 6.45) is 1.31. The number of aliphatic hydroxyl groups is 1. The average Bonchev–Trinajstić information content (AvgIpc) is 3.00. The van der Waals surface area contributed by atoms with E-state index in [0.29, 0.717) is 19.4 Å². The van der Waals surface area contributed by atoms with E-state index in [1.807, 2.05) is 47.8 Å². The Kier molecular flexibility index (Phi) is 5.77. The highest BCUT2D eigenvalue weighted by atomic mass is 32.1. The number of carbonyl (C=O) groups is 1. The fourth-order valence-electron chi connectivity index (χ4n) is 1.96. The Labute approximate surface area is 123 Å². The van der Waals surface area contributed by atoms with E-state index >= 15 is 0 Å². The van der Waals surface area contributed by atoms with E-state index in [0.717, 1.165) is 11.3 Å². The van der Waals surface area contributed by atoms with Gasteiger partial charge in [-0.3, -0.25) is 4.79 Å². The average molecular weight is 289 g/mol. The molecule has 1 aromatic carbocycles. The van der Waals surface area contributed by atoms with Crippen LogP contribution in [-0.2, 0) is 11.2 Å². The molecule has 2 N–H and O–H groups in total. The van der Waals surface area contributed by atoms with Gasteiger partial charge in [-0.05, 0) is 29.9 Å². The minimum Gasteiger partial charge on any atom is -0.388 e. The Morgan fingerprint density at radius 3 is 2.70 bits per heavy atom. The van der Waals surface area contributed by atoms with Crippen molar-refractivity contribution < 1.29 is 9.90 Å². The van der Waals surface area contributed by atoms with Crippen molar-refractivity contribution in [1.82, 2.24) is 5.32 Å². The molecule has 106 valence electrons. The molecule has 2 aromatic rings. The molecule has 1 unspecified atom stereocenters. The summed E-state index contributed by atoms with van der Waals surface area (Å²) in [5.41, 5.74) is 1.17. The molecule has 0 aliphatic rings. The van der Waals surface area contributed by atoms with Crippen LogP contribution in [0.5, 0.6) is 0 Å². The summed E-state index contributed by atoms with van der Waals surface area (Å²) in [6, 6.07) is 13.8. The minimum atomic E-state index is -0.482. The fraction of sp³-hybridized carbons (Fsp3) is 0.312. The van der Waals surface area contributed by atoms with Crippen LogP contribution in [0.25, 0.3) is 0 Å². The molecule has 0 saturated carbocycles. The normalized spacial score (nSPS) is 12.1. The monoisotopic (exact) mass is 289 g/mol. The van der Waals surface area contributed by atoms with Crippen LogP contribution >= 0.6 is 11.3 Å². The highest BCUT2D eigenvalue weighted by Gasteiger charge is 2.09. The van der Waals surface area contributed by atoms with Gasteiger partial charge in [0.25, 0.3) is 0 Å². The lowest BCUT2D eigenvalue weighted by molar-refractivity contribution is -0.121. The molecule has 0 aliphatic carbocycles. The van der Waals surface area contributed by atoms with Crippen LogP contribution in [0.2, 0.25) is 0 Å². The Morgan fingerprint density at radius 1 is 1.20 bits per heavy atom. The van der Waals surface area contributed by atoms with Gasteiger partial charge < -0.3 is 10.4 Å². The number of aliphatic hydroxyl groups excluding tert-OH is 1. The Hall–Kier alpha value is -1.65. The predicted molar refractivity (Wildman–Crippen MR) is 81.7 cm³/mol. The number of nitrogens with one attached hydrogen (secondary N) is 1. The summed E-state index contributed by atoms with van der Waals surface area (Å²) >= 11 is 1.53. The van der Waals surface area contributed by atoms with E-state index in [1.54, 1.807) is 0 Å². The van der Waals surface area contributed by atoms with E-state index < -0.39 is 6.10 Å². The summed E-state index contributed by atoms with van der Waals surface area (Å²) in [6.45, 7) is 0.507. The first-order valence-electron chi connectivity index (χ1n) is 6.78. The lowest BCUT2D eigenvalue weighted by Gasteiger charge is -2.09. The third-order valence-electron chi connectivity index (χ3n) is 3.10. The van der Waals surface area contributed by atoms with Crippen molar-refractivity contribution in [3.63, 3.8) is 0 Å². The Morgan fingerprint density at radius 2 is 2.00 bits per heavy atom. The van der Waals surface area contributed by atoms with Gasteiger partial charge in [-0.15, -0.1) is 11.3 Å². The minimum absolute atomic E-state index is 0.0345. The lowest BCUT2D eigenvalue weighted by Crippen LogP contribution is -2.25. The molecule has 3 nitrogen and oxygen atoms in total. The Balaban J connectivity index is 1.63. The SMILES string of the molecule is O=C(CCc1ccccc1)NCCC(O)c1cccs1. The molecule has 0 fully saturated rings. The van der Waals surface area contributed by atoms with E-state index in [9.17, 15) is 9.90 Å². The van der Waals surface area contributed by atoms with Crippen LogP contribution < -0.4 is 5.32 Å². The fourth-order valence-corrected chi connectivity index (χ4v) is 2.71. The number of amides is 1. The number of hydrogen-bond donors (Lipinski definition) is 2. The predicted octanol–water partition coefficient (Wildman–Crippen LogP) is 2.92. The number of aryl methyl sites for hydroxylation is 1. The van der Waals surface area contributed by atoms with Gasteiger partial charge in [0.1, 0.15) is 0 Å². The first-order valence-corrected chi connectivity index (χ1v) is 7.66. The summed E-state index contributed by atoms with van der Waals surface area (Å²) in [7, 11) is 0. The Bertz CT molecular complexity index is 511. The maximum absolute atomic E-state index is 11.7. The molecule has 0 saturated heterocycles. The number of thiophene rings is 1. The van der Waals surface area contributed by atoms with Crippen LogP contribution in [-0.4, -0.2) is 17.6 Å². The van der Waals surface area contributed by atoms with Crippen molar-refractivity contribution in [2.75, 3.05) is 6.54 Å². The van der Waals surface area contributed by atoms with Gasteiger partial charge in [-0.25, -0.2) is 0 Å². The lowest BCUT2D eigenvalue weighted by atomic mass is 10.1. The summed E-state index contributed by atoms with van der Waals surface area (Å²) < 4.78 is 0. The van der Waals surface area contributed by atoms with Crippen LogP contribution in [0.3, 0.4) is 0 Å².